The zero-order chi connectivity index (χ0) is 12.5. The Bertz CT molecular complexity index is 361. The van der Waals surface area contributed by atoms with Gasteiger partial charge in [0.05, 0.1) is 7.11 Å². The summed E-state index contributed by atoms with van der Waals surface area (Å²) < 4.78 is 5.19. The van der Waals surface area contributed by atoms with E-state index in [1.54, 1.807) is 7.11 Å². The predicted molar refractivity (Wildman–Crippen MR) is 71.0 cm³/mol. The second-order valence-electron chi connectivity index (χ2n) is 5.74. The van der Waals surface area contributed by atoms with Crippen LogP contribution in [0.2, 0.25) is 0 Å². The maximum absolute atomic E-state index is 6.61. The van der Waals surface area contributed by atoms with E-state index in [2.05, 4.69) is 26.0 Å². The van der Waals surface area contributed by atoms with Crippen LogP contribution in [0, 0.1) is 11.8 Å². The highest BCUT2D eigenvalue weighted by Gasteiger charge is 2.35. The molecule has 0 bridgehead atoms. The van der Waals surface area contributed by atoms with Crippen LogP contribution in [0.4, 0.5) is 0 Å². The molecular weight excluding hydrogens is 210 g/mol. The van der Waals surface area contributed by atoms with Gasteiger partial charge < -0.3 is 10.5 Å². The van der Waals surface area contributed by atoms with Gasteiger partial charge in [0.15, 0.2) is 0 Å². The number of hydrogen-bond donors (Lipinski definition) is 1. The van der Waals surface area contributed by atoms with Gasteiger partial charge in [0.25, 0.3) is 0 Å². The van der Waals surface area contributed by atoms with Crippen molar-refractivity contribution in [1.82, 2.24) is 0 Å². The van der Waals surface area contributed by atoms with Crippen LogP contribution in [0.1, 0.15) is 38.7 Å². The Kier molecular flexibility index (Phi) is 3.43. The number of ether oxygens (including phenoxy) is 1. The topological polar surface area (TPSA) is 35.2 Å². The molecule has 0 radical (unpaired) electrons. The molecule has 2 nitrogen and oxygen atoms in total. The first-order valence-corrected chi connectivity index (χ1v) is 6.47. The van der Waals surface area contributed by atoms with Crippen molar-refractivity contribution >= 4 is 0 Å². The van der Waals surface area contributed by atoms with E-state index in [-0.39, 0.29) is 5.54 Å². The van der Waals surface area contributed by atoms with Gasteiger partial charge in [-0.2, -0.15) is 0 Å². The molecule has 1 aliphatic rings. The summed E-state index contributed by atoms with van der Waals surface area (Å²) in [7, 11) is 1.69. The van der Waals surface area contributed by atoms with E-state index in [1.807, 2.05) is 12.1 Å². The summed E-state index contributed by atoms with van der Waals surface area (Å²) in [6.45, 7) is 4.61. The Hall–Kier alpha value is -1.02. The van der Waals surface area contributed by atoms with Gasteiger partial charge in [0, 0.05) is 5.54 Å². The Morgan fingerprint density at radius 2 is 1.65 bits per heavy atom. The lowest BCUT2D eigenvalue weighted by molar-refractivity contribution is 0.183. The van der Waals surface area contributed by atoms with Crippen LogP contribution in [-0.4, -0.2) is 7.11 Å². The average Bonchev–Trinajstić information content (AvgIpc) is 2.27. The van der Waals surface area contributed by atoms with E-state index in [0.29, 0.717) is 11.8 Å². The minimum atomic E-state index is -0.149. The Morgan fingerprint density at radius 3 is 2.12 bits per heavy atom. The van der Waals surface area contributed by atoms with Crippen molar-refractivity contribution in [2.75, 3.05) is 7.11 Å². The minimum Gasteiger partial charge on any atom is -0.497 e. The van der Waals surface area contributed by atoms with Crippen molar-refractivity contribution in [2.24, 2.45) is 17.6 Å². The second kappa shape index (κ2) is 4.69. The fourth-order valence-corrected chi connectivity index (χ4v) is 3.34. The van der Waals surface area contributed by atoms with E-state index < -0.39 is 0 Å². The van der Waals surface area contributed by atoms with Crippen LogP contribution in [0.25, 0.3) is 0 Å². The summed E-state index contributed by atoms with van der Waals surface area (Å²) in [4.78, 5) is 0. The molecule has 2 unspecified atom stereocenters. The molecule has 1 saturated carbocycles. The highest BCUT2D eigenvalue weighted by atomic mass is 16.5. The molecule has 2 heteroatoms. The first kappa shape index (κ1) is 12.4. The fraction of sp³-hybridized carbons (Fsp3) is 0.600. The first-order chi connectivity index (χ1) is 8.03. The molecule has 2 rings (SSSR count). The van der Waals surface area contributed by atoms with Crippen LogP contribution in [-0.2, 0) is 5.54 Å². The third-order valence-corrected chi connectivity index (χ3v) is 3.90. The monoisotopic (exact) mass is 233 g/mol. The van der Waals surface area contributed by atoms with E-state index >= 15 is 0 Å². The van der Waals surface area contributed by atoms with E-state index in [9.17, 15) is 0 Å². The SMILES string of the molecule is COc1ccc(C2(N)CC(C)CC(C)C2)cc1. The molecule has 0 amide bonds. The maximum atomic E-state index is 6.61. The highest BCUT2D eigenvalue weighted by Crippen LogP contribution is 2.40. The molecule has 0 aromatic heterocycles. The third-order valence-electron chi connectivity index (χ3n) is 3.90. The van der Waals surface area contributed by atoms with Gasteiger partial charge >= 0.3 is 0 Å². The molecule has 1 fully saturated rings. The minimum absolute atomic E-state index is 0.149. The van der Waals surface area contributed by atoms with Crippen molar-refractivity contribution in [3.63, 3.8) is 0 Å². The summed E-state index contributed by atoms with van der Waals surface area (Å²) in [6, 6.07) is 8.24. The molecule has 1 aromatic rings. The lowest BCUT2D eigenvalue weighted by Gasteiger charge is -2.40. The van der Waals surface area contributed by atoms with E-state index in [0.717, 1.165) is 18.6 Å². The van der Waals surface area contributed by atoms with Crippen LogP contribution in [0.3, 0.4) is 0 Å². The molecule has 2 N–H and O–H groups in total. The zero-order valence-electron chi connectivity index (χ0n) is 11.1. The van der Waals surface area contributed by atoms with E-state index in [1.165, 1.54) is 12.0 Å². The van der Waals surface area contributed by atoms with Gasteiger partial charge in [0.2, 0.25) is 0 Å². The van der Waals surface area contributed by atoms with Crippen LogP contribution >= 0.6 is 0 Å². The lowest BCUT2D eigenvalue weighted by atomic mass is 9.69. The summed E-state index contributed by atoms with van der Waals surface area (Å²) in [5, 5.41) is 0. The molecule has 0 spiro atoms. The highest BCUT2D eigenvalue weighted by molar-refractivity contribution is 5.32. The van der Waals surface area contributed by atoms with Gasteiger partial charge in [-0.05, 0) is 48.8 Å². The Morgan fingerprint density at radius 1 is 1.12 bits per heavy atom. The quantitative estimate of drug-likeness (QED) is 0.850. The lowest BCUT2D eigenvalue weighted by Crippen LogP contribution is -2.43. The van der Waals surface area contributed by atoms with Gasteiger partial charge in [-0.15, -0.1) is 0 Å². The van der Waals surface area contributed by atoms with Crippen molar-refractivity contribution < 1.29 is 4.74 Å². The normalized spacial score (nSPS) is 33.4. The van der Waals surface area contributed by atoms with E-state index in [4.69, 9.17) is 10.5 Å². The summed E-state index contributed by atoms with van der Waals surface area (Å²) in [5.41, 5.74) is 7.71. The summed E-state index contributed by atoms with van der Waals surface area (Å²) >= 11 is 0. The molecule has 0 heterocycles. The number of rotatable bonds is 2. The van der Waals surface area contributed by atoms with Crippen LogP contribution in [0.15, 0.2) is 24.3 Å². The molecule has 1 aromatic carbocycles. The molecule has 2 atom stereocenters. The number of methoxy groups -OCH3 is 1. The molecule has 1 aliphatic carbocycles. The average molecular weight is 233 g/mol. The van der Waals surface area contributed by atoms with Crippen molar-refractivity contribution in [1.29, 1.82) is 0 Å². The molecular formula is C15H23NO. The molecule has 17 heavy (non-hydrogen) atoms. The van der Waals surface area contributed by atoms with Gasteiger partial charge in [-0.25, -0.2) is 0 Å². The largest absolute Gasteiger partial charge is 0.497 e. The third kappa shape index (κ3) is 2.63. The van der Waals surface area contributed by atoms with Gasteiger partial charge in [-0.1, -0.05) is 26.0 Å². The van der Waals surface area contributed by atoms with Crippen molar-refractivity contribution in [3.8, 4) is 5.75 Å². The molecule has 94 valence electrons. The van der Waals surface area contributed by atoms with Crippen molar-refractivity contribution in [2.45, 2.75) is 38.6 Å². The number of nitrogens with two attached hydrogens (primary N) is 1. The van der Waals surface area contributed by atoms with Crippen LogP contribution in [0.5, 0.6) is 5.75 Å². The second-order valence-corrected chi connectivity index (χ2v) is 5.74. The Labute approximate surface area is 104 Å². The van der Waals surface area contributed by atoms with Gasteiger partial charge in [0.1, 0.15) is 5.75 Å². The fourth-order valence-electron chi connectivity index (χ4n) is 3.34. The first-order valence-electron chi connectivity index (χ1n) is 6.47. The van der Waals surface area contributed by atoms with Crippen LogP contribution < -0.4 is 10.5 Å². The summed E-state index contributed by atoms with van der Waals surface area (Å²) in [5.74, 6) is 2.32. The number of hydrogen-bond acceptors (Lipinski definition) is 2. The number of benzene rings is 1. The maximum Gasteiger partial charge on any atom is 0.118 e. The van der Waals surface area contributed by atoms with Crippen molar-refractivity contribution in [3.05, 3.63) is 29.8 Å². The molecule has 0 saturated heterocycles. The van der Waals surface area contributed by atoms with Gasteiger partial charge in [-0.3, -0.25) is 0 Å². The standard InChI is InChI=1S/C15H23NO/c1-11-8-12(2)10-15(16,9-11)13-4-6-14(17-3)7-5-13/h4-7,11-12H,8-10,16H2,1-3H3. The molecule has 0 aliphatic heterocycles. The summed E-state index contributed by atoms with van der Waals surface area (Å²) in [6.07, 6.45) is 3.47. The predicted octanol–water partition coefficient (Wildman–Crippen LogP) is 3.31. The smallest absolute Gasteiger partial charge is 0.118 e. The zero-order valence-corrected chi connectivity index (χ0v) is 11.1. The Balaban J connectivity index is 2.23.